The van der Waals surface area contributed by atoms with E-state index in [-0.39, 0.29) is 23.9 Å². The number of morpholine rings is 1. The van der Waals surface area contributed by atoms with Gasteiger partial charge in [-0.3, -0.25) is 19.0 Å². The van der Waals surface area contributed by atoms with E-state index in [4.69, 9.17) is 9.47 Å². The highest BCUT2D eigenvalue weighted by Gasteiger charge is 2.18. The van der Waals surface area contributed by atoms with Crippen molar-refractivity contribution in [1.82, 2.24) is 14.5 Å². The number of nitrogens with one attached hydrogen (secondary N) is 1. The lowest BCUT2D eigenvalue weighted by Crippen LogP contribution is -2.43. The number of nitrogens with zero attached hydrogens (tertiary/aromatic N) is 3. The molecule has 2 heterocycles. The van der Waals surface area contributed by atoms with Crippen LogP contribution in [-0.2, 0) is 16.1 Å². The van der Waals surface area contributed by atoms with Crippen LogP contribution < -0.4 is 15.6 Å². The fourth-order valence-corrected chi connectivity index (χ4v) is 3.65. The van der Waals surface area contributed by atoms with E-state index >= 15 is 0 Å². The zero-order valence-electron chi connectivity index (χ0n) is 19.2. The summed E-state index contributed by atoms with van der Waals surface area (Å²) in [7, 11) is 0. The molecule has 0 radical (unpaired) electrons. The molecular formula is C25H28N4O5. The Morgan fingerprint density at radius 3 is 2.62 bits per heavy atom. The number of anilines is 1. The monoisotopic (exact) mass is 464 g/mol. The molecule has 0 atom stereocenters. The molecule has 2 amide bonds. The first-order chi connectivity index (χ1) is 16.5. The van der Waals surface area contributed by atoms with Gasteiger partial charge in [0.05, 0.1) is 37.1 Å². The van der Waals surface area contributed by atoms with Crippen molar-refractivity contribution in [2.45, 2.75) is 26.3 Å². The van der Waals surface area contributed by atoms with Gasteiger partial charge in [0.1, 0.15) is 12.3 Å². The molecule has 1 aliphatic heterocycles. The number of hydrogen-bond donors (Lipinski definition) is 1. The average Bonchev–Trinajstić information content (AvgIpc) is 2.87. The van der Waals surface area contributed by atoms with Crippen LogP contribution in [0.3, 0.4) is 0 Å². The highest BCUT2D eigenvalue weighted by atomic mass is 16.5. The number of ether oxygens (including phenoxy) is 2. The van der Waals surface area contributed by atoms with Gasteiger partial charge in [-0.15, -0.1) is 0 Å². The van der Waals surface area contributed by atoms with Crippen LogP contribution in [-0.4, -0.2) is 59.2 Å². The molecule has 1 aromatic heterocycles. The second kappa shape index (κ2) is 10.9. The third kappa shape index (κ3) is 5.60. The van der Waals surface area contributed by atoms with E-state index in [0.29, 0.717) is 60.8 Å². The SMILES string of the molecule is CCCCOc1ccc(C(=O)Nc2ccc3ncn(CC(=O)N4CCOCC4)c(=O)c3c2)cc1. The van der Waals surface area contributed by atoms with Gasteiger partial charge in [0, 0.05) is 24.3 Å². The van der Waals surface area contributed by atoms with Crippen molar-refractivity contribution in [3.05, 3.63) is 64.7 Å². The summed E-state index contributed by atoms with van der Waals surface area (Å²) in [6, 6.07) is 11.9. The number of amides is 2. The molecule has 3 aromatic rings. The van der Waals surface area contributed by atoms with Gasteiger partial charge in [-0.2, -0.15) is 0 Å². The van der Waals surface area contributed by atoms with Gasteiger partial charge in [-0.25, -0.2) is 4.98 Å². The van der Waals surface area contributed by atoms with Crippen LogP contribution in [0, 0.1) is 0 Å². The maximum absolute atomic E-state index is 13.0. The predicted molar refractivity (Wildman–Crippen MR) is 128 cm³/mol. The average molecular weight is 465 g/mol. The summed E-state index contributed by atoms with van der Waals surface area (Å²) in [4.78, 5) is 44.2. The first kappa shape index (κ1) is 23.4. The molecule has 178 valence electrons. The quantitative estimate of drug-likeness (QED) is 0.514. The van der Waals surface area contributed by atoms with Crippen molar-refractivity contribution in [3.8, 4) is 5.75 Å². The Hall–Kier alpha value is -3.72. The Kier molecular flexibility index (Phi) is 7.54. The molecule has 4 rings (SSSR count). The Labute approximate surface area is 197 Å². The maximum atomic E-state index is 13.0. The second-order valence-corrected chi connectivity index (χ2v) is 8.08. The van der Waals surface area contributed by atoms with Crippen molar-refractivity contribution < 1.29 is 19.1 Å². The number of rotatable bonds is 8. The molecular weight excluding hydrogens is 436 g/mol. The zero-order valence-corrected chi connectivity index (χ0v) is 19.2. The zero-order chi connectivity index (χ0) is 23.9. The minimum absolute atomic E-state index is 0.0922. The van der Waals surface area contributed by atoms with Crippen molar-refractivity contribution in [1.29, 1.82) is 0 Å². The lowest BCUT2D eigenvalue weighted by Gasteiger charge is -2.27. The molecule has 0 spiro atoms. The van der Waals surface area contributed by atoms with Crippen molar-refractivity contribution in [2.24, 2.45) is 0 Å². The molecule has 1 aliphatic rings. The fraction of sp³-hybridized carbons (Fsp3) is 0.360. The first-order valence-electron chi connectivity index (χ1n) is 11.4. The molecule has 1 N–H and O–H groups in total. The molecule has 0 unspecified atom stereocenters. The molecule has 9 heteroatoms. The standard InChI is InChI=1S/C25H28N4O5/c1-2-3-12-34-20-7-4-18(5-8-20)24(31)27-19-6-9-22-21(15-19)25(32)29(17-26-22)16-23(30)28-10-13-33-14-11-28/h4-9,15,17H,2-3,10-14,16H2,1H3,(H,27,31). The predicted octanol–water partition coefficient (Wildman–Crippen LogP) is 2.69. The first-order valence-corrected chi connectivity index (χ1v) is 11.4. The van der Waals surface area contributed by atoms with Crippen LogP contribution in [0.15, 0.2) is 53.6 Å². The molecule has 2 aromatic carbocycles. The third-order valence-electron chi connectivity index (χ3n) is 5.63. The highest BCUT2D eigenvalue weighted by molar-refractivity contribution is 6.05. The van der Waals surface area contributed by atoms with Crippen molar-refractivity contribution >= 4 is 28.4 Å². The molecule has 9 nitrogen and oxygen atoms in total. The second-order valence-electron chi connectivity index (χ2n) is 8.08. The van der Waals surface area contributed by atoms with Crippen molar-refractivity contribution in [2.75, 3.05) is 38.2 Å². The number of aromatic nitrogens is 2. The van der Waals surface area contributed by atoms with Gasteiger partial charge >= 0.3 is 0 Å². The van der Waals surface area contributed by atoms with E-state index in [1.807, 2.05) is 0 Å². The van der Waals surface area contributed by atoms with E-state index in [9.17, 15) is 14.4 Å². The summed E-state index contributed by atoms with van der Waals surface area (Å²) in [6.07, 6.45) is 3.41. The van der Waals surface area contributed by atoms with Gasteiger partial charge in [-0.1, -0.05) is 13.3 Å². The molecule has 1 fully saturated rings. The normalized spacial score (nSPS) is 13.6. The van der Waals surface area contributed by atoms with E-state index in [2.05, 4.69) is 17.2 Å². The molecule has 1 saturated heterocycles. The summed E-state index contributed by atoms with van der Waals surface area (Å²) in [5, 5.41) is 3.15. The maximum Gasteiger partial charge on any atom is 0.261 e. The van der Waals surface area contributed by atoms with Gasteiger partial charge in [0.25, 0.3) is 11.5 Å². The van der Waals surface area contributed by atoms with Gasteiger partial charge < -0.3 is 19.7 Å². The van der Waals surface area contributed by atoms with E-state index in [1.54, 1.807) is 47.4 Å². The van der Waals surface area contributed by atoms with Crippen LogP contribution in [0.1, 0.15) is 30.1 Å². The van der Waals surface area contributed by atoms with Crippen LogP contribution in [0.2, 0.25) is 0 Å². The third-order valence-corrected chi connectivity index (χ3v) is 5.63. The molecule has 0 aliphatic carbocycles. The number of hydrogen-bond acceptors (Lipinski definition) is 6. The van der Waals surface area contributed by atoms with Gasteiger partial charge in [0.15, 0.2) is 0 Å². The van der Waals surface area contributed by atoms with E-state index in [1.165, 1.54) is 10.9 Å². The van der Waals surface area contributed by atoms with Crippen molar-refractivity contribution in [3.63, 3.8) is 0 Å². The van der Waals surface area contributed by atoms with Crippen LogP contribution in [0.25, 0.3) is 10.9 Å². The van der Waals surface area contributed by atoms with Crippen LogP contribution in [0.5, 0.6) is 5.75 Å². The number of carbonyl (C=O) groups excluding carboxylic acids is 2. The largest absolute Gasteiger partial charge is 0.494 e. The smallest absolute Gasteiger partial charge is 0.261 e. The topological polar surface area (TPSA) is 103 Å². The van der Waals surface area contributed by atoms with Gasteiger partial charge in [-0.05, 0) is 48.9 Å². The Bertz CT molecular complexity index is 1220. The summed E-state index contributed by atoms with van der Waals surface area (Å²) in [5.74, 6) is 0.262. The number of benzene rings is 2. The lowest BCUT2D eigenvalue weighted by atomic mass is 10.2. The Morgan fingerprint density at radius 2 is 1.88 bits per heavy atom. The number of unbranched alkanes of at least 4 members (excludes halogenated alkanes) is 1. The minimum atomic E-state index is -0.337. The molecule has 34 heavy (non-hydrogen) atoms. The molecule has 0 saturated carbocycles. The summed E-state index contributed by atoms with van der Waals surface area (Å²) in [5.41, 5.74) is 1.10. The minimum Gasteiger partial charge on any atom is -0.494 e. The fourth-order valence-electron chi connectivity index (χ4n) is 3.65. The lowest BCUT2D eigenvalue weighted by molar-refractivity contribution is -0.135. The Morgan fingerprint density at radius 1 is 1.12 bits per heavy atom. The van der Waals surface area contributed by atoms with E-state index < -0.39 is 0 Å². The van der Waals surface area contributed by atoms with Gasteiger partial charge in [0.2, 0.25) is 5.91 Å². The van der Waals surface area contributed by atoms with Crippen LogP contribution >= 0.6 is 0 Å². The number of fused-ring (bicyclic) bond motifs is 1. The summed E-state index contributed by atoms with van der Waals surface area (Å²) < 4.78 is 12.2. The summed E-state index contributed by atoms with van der Waals surface area (Å²) in [6.45, 7) is 4.66. The molecule has 0 bridgehead atoms. The highest BCUT2D eigenvalue weighted by Crippen LogP contribution is 2.17. The van der Waals surface area contributed by atoms with E-state index in [0.717, 1.165) is 12.8 Å². The van der Waals surface area contributed by atoms with Crippen LogP contribution in [0.4, 0.5) is 5.69 Å². The summed E-state index contributed by atoms with van der Waals surface area (Å²) >= 11 is 0. The Balaban J connectivity index is 1.46. The number of carbonyl (C=O) groups is 2.